The molecule has 4 heteroatoms. The first-order valence-corrected chi connectivity index (χ1v) is 7.03. The van der Waals surface area contributed by atoms with E-state index in [2.05, 4.69) is 10.2 Å². The average molecular weight is 240 g/mol. The molecule has 3 heterocycles. The molecule has 98 valence electrons. The molecule has 0 amide bonds. The highest BCUT2D eigenvalue weighted by molar-refractivity contribution is 4.99. The molecule has 3 rings (SSSR count). The molecule has 0 saturated carbocycles. The lowest BCUT2D eigenvalue weighted by Crippen LogP contribution is -2.55. The zero-order valence-electron chi connectivity index (χ0n) is 10.4. The summed E-state index contributed by atoms with van der Waals surface area (Å²) in [5, 5.41) is 23.7. The van der Waals surface area contributed by atoms with E-state index in [-0.39, 0.29) is 6.10 Å². The number of rotatable bonds is 2. The summed E-state index contributed by atoms with van der Waals surface area (Å²) in [6, 6.07) is 1.03. The number of nitrogens with zero attached hydrogens (tertiary/aromatic N) is 1. The van der Waals surface area contributed by atoms with Gasteiger partial charge in [0, 0.05) is 18.6 Å². The summed E-state index contributed by atoms with van der Waals surface area (Å²) >= 11 is 0. The Morgan fingerprint density at radius 2 is 1.71 bits per heavy atom. The second kappa shape index (κ2) is 4.50. The van der Waals surface area contributed by atoms with Crippen molar-refractivity contribution in [3.8, 4) is 0 Å². The second-order valence-electron chi connectivity index (χ2n) is 6.16. The maximum absolute atomic E-state index is 10.6. The minimum atomic E-state index is -0.492. The maximum Gasteiger partial charge on any atom is 0.0798 e. The summed E-state index contributed by atoms with van der Waals surface area (Å²) in [6.07, 6.45) is 5.85. The molecule has 0 aliphatic carbocycles. The summed E-state index contributed by atoms with van der Waals surface area (Å²) < 4.78 is 0. The summed E-state index contributed by atoms with van der Waals surface area (Å²) in [7, 11) is 0. The molecule has 0 aromatic heterocycles. The maximum atomic E-state index is 10.6. The Kier molecular flexibility index (Phi) is 3.15. The van der Waals surface area contributed by atoms with Gasteiger partial charge in [-0.05, 0) is 51.6 Å². The van der Waals surface area contributed by atoms with Gasteiger partial charge in [-0.3, -0.25) is 4.90 Å². The Morgan fingerprint density at radius 3 is 2.29 bits per heavy atom. The van der Waals surface area contributed by atoms with E-state index < -0.39 is 5.60 Å². The minimum Gasteiger partial charge on any atom is -0.393 e. The fourth-order valence-electron chi connectivity index (χ4n) is 3.89. The lowest BCUT2D eigenvalue weighted by molar-refractivity contribution is -0.0550. The fourth-order valence-corrected chi connectivity index (χ4v) is 3.89. The molecular weight excluding hydrogens is 216 g/mol. The van der Waals surface area contributed by atoms with Crippen molar-refractivity contribution < 1.29 is 10.2 Å². The van der Waals surface area contributed by atoms with Gasteiger partial charge in [-0.2, -0.15) is 0 Å². The van der Waals surface area contributed by atoms with E-state index in [1.807, 2.05) is 0 Å². The second-order valence-corrected chi connectivity index (χ2v) is 6.16. The van der Waals surface area contributed by atoms with E-state index in [0.29, 0.717) is 12.1 Å². The number of hydrogen-bond donors (Lipinski definition) is 3. The predicted molar refractivity (Wildman–Crippen MR) is 65.8 cm³/mol. The molecule has 3 fully saturated rings. The van der Waals surface area contributed by atoms with E-state index in [1.54, 1.807) is 0 Å². The molecular formula is C13H24N2O2. The molecule has 2 atom stereocenters. The number of piperidine rings is 2. The highest BCUT2D eigenvalue weighted by atomic mass is 16.3. The SMILES string of the molecule is OC1CC2CCC(C1)N2CC1(O)CCNCC1. The van der Waals surface area contributed by atoms with Gasteiger partial charge in [-0.25, -0.2) is 0 Å². The predicted octanol–water partition coefficient (Wildman–Crippen LogP) is 0.0886. The molecule has 0 aromatic carbocycles. The van der Waals surface area contributed by atoms with Crippen molar-refractivity contribution in [3.63, 3.8) is 0 Å². The van der Waals surface area contributed by atoms with E-state index in [4.69, 9.17) is 0 Å². The summed E-state index contributed by atoms with van der Waals surface area (Å²) in [4.78, 5) is 2.48. The third-order valence-corrected chi connectivity index (χ3v) is 4.87. The van der Waals surface area contributed by atoms with Crippen LogP contribution in [0, 0.1) is 0 Å². The van der Waals surface area contributed by atoms with E-state index >= 15 is 0 Å². The van der Waals surface area contributed by atoms with Gasteiger partial charge in [-0.15, -0.1) is 0 Å². The van der Waals surface area contributed by atoms with Gasteiger partial charge >= 0.3 is 0 Å². The molecule has 0 spiro atoms. The van der Waals surface area contributed by atoms with Crippen LogP contribution in [-0.2, 0) is 0 Å². The molecule has 0 aromatic rings. The van der Waals surface area contributed by atoms with Crippen molar-refractivity contribution >= 4 is 0 Å². The minimum absolute atomic E-state index is 0.105. The van der Waals surface area contributed by atoms with Crippen molar-refractivity contribution in [3.05, 3.63) is 0 Å². The van der Waals surface area contributed by atoms with Gasteiger partial charge in [-0.1, -0.05) is 0 Å². The first kappa shape index (κ1) is 11.9. The van der Waals surface area contributed by atoms with Gasteiger partial charge in [0.1, 0.15) is 0 Å². The van der Waals surface area contributed by atoms with Gasteiger partial charge in [0.15, 0.2) is 0 Å². The molecule has 2 bridgehead atoms. The number of fused-ring (bicyclic) bond motifs is 2. The van der Waals surface area contributed by atoms with Crippen LogP contribution in [0.25, 0.3) is 0 Å². The molecule has 17 heavy (non-hydrogen) atoms. The van der Waals surface area contributed by atoms with Crippen LogP contribution in [-0.4, -0.2) is 58.5 Å². The van der Waals surface area contributed by atoms with Crippen LogP contribution >= 0.6 is 0 Å². The Bertz CT molecular complexity index is 265. The van der Waals surface area contributed by atoms with Crippen LogP contribution in [0.5, 0.6) is 0 Å². The largest absolute Gasteiger partial charge is 0.393 e. The van der Waals surface area contributed by atoms with E-state index in [0.717, 1.165) is 45.3 Å². The van der Waals surface area contributed by atoms with E-state index in [1.165, 1.54) is 12.8 Å². The number of aliphatic hydroxyl groups excluding tert-OH is 1. The molecule has 3 N–H and O–H groups in total. The lowest BCUT2D eigenvalue weighted by atomic mass is 9.89. The first-order valence-electron chi connectivity index (χ1n) is 7.03. The van der Waals surface area contributed by atoms with Gasteiger partial charge in [0.25, 0.3) is 0 Å². The molecule has 3 saturated heterocycles. The summed E-state index contributed by atoms with van der Waals surface area (Å²) in [5.41, 5.74) is -0.492. The molecule has 4 nitrogen and oxygen atoms in total. The Balaban J connectivity index is 1.65. The molecule has 3 aliphatic heterocycles. The average Bonchev–Trinajstić information content (AvgIpc) is 2.54. The Morgan fingerprint density at radius 1 is 1.12 bits per heavy atom. The number of aliphatic hydroxyl groups is 2. The third kappa shape index (κ3) is 2.36. The Labute approximate surface area is 103 Å². The van der Waals surface area contributed by atoms with Crippen molar-refractivity contribution in [2.75, 3.05) is 19.6 Å². The van der Waals surface area contributed by atoms with E-state index in [9.17, 15) is 10.2 Å². The van der Waals surface area contributed by atoms with Crippen molar-refractivity contribution in [2.24, 2.45) is 0 Å². The standard InChI is InChI=1S/C13H24N2O2/c16-12-7-10-1-2-11(8-12)15(10)9-13(17)3-5-14-6-4-13/h10-12,14,16-17H,1-9H2. The van der Waals surface area contributed by atoms with Crippen LogP contribution in [0.3, 0.4) is 0 Å². The highest BCUT2D eigenvalue weighted by Crippen LogP contribution is 2.37. The van der Waals surface area contributed by atoms with Crippen LogP contribution in [0.4, 0.5) is 0 Å². The highest BCUT2D eigenvalue weighted by Gasteiger charge is 2.43. The molecule has 0 radical (unpaired) electrons. The quantitative estimate of drug-likeness (QED) is 0.640. The molecule has 3 aliphatic rings. The van der Waals surface area contributed by atoms with Crippen molar-refractivity contribution in [1.82, 2.24) is 10.2 Å². The van der Waals surface area contributed by atoms with Gasteiger partial charge < -0.3 is 15.5 Å². The monoisotopic (exact) mass is 240 g/mol. The summed E-state index contributed by atoms with van der Waals surface area (Å²) in [5.74, 6) is 0. The zero-order chi connectivity index (χ0) is 11.9. The smallest absolute Gasteiger partial charge is 0.0798 e. The van der Waals surface area contributed by atoms with Crippen LogP contribution in [0.1, 0.15) is 38.5 Å². The fraction of sp³-hybridized carbons (Fsp3) is 1.00. The van der Waals surface area contributed by atoms with Gasteiger partial charge in [0.05, 0.1) is 11.7 Å². The van der Waals surface area contributed by atoms with Crippen LogP contribution in [0.2, 0.25) is 0 Å². The van der Waals surface area contributed by atoms with Gasteiger partial charge in [0.2, 0.25) is 0 Å². The summed E-state index contributed by atoms with van der Waals surface area (Å²) in [6.45, 7) is 2.68. The van der Waals surface area contributed by atoms with Crippen LogP contribution < -0.4 is 5.32 Å². The first-order chi connectivity index (χ1) is 8.16. The number of hydrogen-bond acceptors (Lipinski definition) is 4. The van der Waals surface area contributed by atoms with Crippen molar-refractivity contribution in [2.45, 2.75) is 62.3 Å². The van der Waals surface area contributed by atoms with Crippen molar-refractivity contribution in [1.29, 1.82) is 0 Å². The van der Waals surface area contributed by atoms with Crippen LogP contribution in [0.15, 0.2) is 0 Å². The lowest BCUT2D eigenvalue weighted by Gasteiger charge is -2.43. The number of nitrogens with one attached hydrogen (secondary N) is 1. The normalized spacial score (nSPS) is 41.6. The third-order valence-electron chi connectivity index (χ3n) is 4.87. The Hall–Kier alpha value is -0.160. The molecule has 2 unspecified atom stereocenters. The zero-order valence-corrected chi connectivity index (χ0v) is 10.4. The topological polar surface area (TPSA) is 55.7 Å².